The first kappa shape index (κ1) is 14.5. The Kier molecular flexibility index (Phi) is 4.72. The average Bonchev–Trinajstić information content (AvgIpc) is 2.63. The van der Waals surface area contributed by atoms with Gasteiger partial charge in [0.15, 0.2) is 0 Å². The Morgan fingerprint density at radius 1 is 1.61 bits per heavy atom. The molecule has 1 aromatic rings. The van der Waals surface area contributed by atoms with Crippen LogP contribution >= 0.6 is 0 Å². The summed E-state index contributed by atoms with van der Waals surface area (Å²) < 4.78 is 6.88. The van der Waals surface area contributed by atoms with E-state index in [1.165, 1.54) is 0 Å². The number of aryl methyl sites for hydroxylation is 1. The van der Waals surface area contributed by atoms with Crippen LogP contribution in [-0.2, 0) is 11.8 Å². The summed E-state index contributed by atoms with van der Waals surface area (Å²) >= 11 is 0. The number of hydrogen-bond donors (Lipinski definition) is 2. The molecule has 1 heterocycles. The van der Waals surface area contributed by atoms with Crippen molar-refractivity contribution in [3.8, 4) is 0 Å². The van der Waals surface area contributed by atoms with Crippen LogP contribution in [0.2, 0.25) is 0 Å². The Hall–Kier alpha value is -1.56. The number of rotatable bonds is 4. The van der Waals surface area contributed by atoms with Crippen LogP contribution in [0.4, 0.5) is 4.79 Å². The van der Waals surface area contributed by atoms with E-state index in [9.17, 15) is 4.79 Å². The summed E-state index contributed by atoms with van der Waals surface area (Å²) in [6.45, 7) is 6.37. The topological polar surface area (TPSA) is 82.2 Å². The predicted octanol–water partition coefficient (Wildman–Crippen LogP) is 0.987. The van der Waals surface area contributed by atoms with Gasteiger partial charge in [-0.3, -0.25) is 4.68 Å². The number of carbonyl (C=O) groups excluding carboxylic acids is 1. The normalized spacial score (nSPS) is 13.2. The molecule has 0 saturated heterocycles. The standard InChI is InChI=1S/C12H22N4O2/c1-12(2,3)18-11(17)14-6-9(5-13)10-7-15-16(4)8-10/h7-9H,5-6,13H2,1-4H3,(H,14,17). The molecular weight excluding hydrogens is 232 g/mol. The smallest absolute Gasteiger partial charge is 0.407 e. The summed E-state index contributed by atoms with van der Waals surface area (Å²) in [7, 11) is 1.85. The van der Waals surface area contributed by atoms with E-state index in [0.717, 1.165) is 5.56 Å². The molecule has 0 aliphatic carbocycles. The third-order valence-electron chi connectivity index (χ3n) is 2.37. The number of nitrogens with zero attached hydrogens (tertiary/aromatic N) is 2. The van der Waals surface area contributed by atoms with Crippen LogP contribution in [0.5, 0.6) is 0 Å². The van der Waals surface area contributed by atoms with Crippen LogP contribution in [0.25, 0.3) is 0 Å². The Labute approximate surface area is 107 Å². The maximum atomic E-state index is 11.5. The monoisotopic (exact) mass is 254 g/mol. The van der Waals surface area contributed by atoms with Gasteiger partial charge in [-0.05, 0) is 26.3 Å². The van der Waals surface area contributed by atoms with E-state index in [4.69, 9.17) is 10.5 Å². The second-order valence-corrected chi connectivity index (χ2v) is 5.26. The predicted molar refractivity (Wildman–Crippen MR) is 69.2 cm³/mol. The van der Waals surface area contributed by atoms with Gasteiger partial charge in [0.05, 0.1) is 6.20 Å². The van der Waals surface area contributed by atoms with Crippen LogP contribution in [-0.4, -0.2) is 34.6 Å². The fourth-order valence-electron chi connectivity index (χ4n) is 1.51. The van der Waals surface area contributed by atoms with Gasteiger partial charge in [0, 0.05) is 32.3 Å². The second-order valence-electron chi connectivity index (χ2n) is 5.26. The highest BCUT2D eigenvalue weighted by molar-refractivity contribution is 5.67. The van der Waals surface area contributed by atoms with E-state index in [0.29, 0.717) is 13.1 Å². The molecule has 102 valence electrons. The number of amides is 1. The Morgan fingerprint density at radius 3 is 2.72 bits per heavy atom. The summed E-state index contributed by atoms with van der Waals surface area (Å²) in [5.41, 5.74) is 6.22. The van der Waals surface area contributed by atoms with Crippen LogP contribution < -0.4 is 11.1 Å². The number of ether oxygens (including phenoxy) is 1. The summed E-state index contributed by atoms with van der Waals surface area (Å²) in [5, 5.41) is 6.81. The Morgan fingerprint density at radius 2 is 2.28 bits per heavy atom. The highest BCUT2D eigenvalue weighted by Gasteiger charge is 2.18. The first-order valence-electron chi connectivity index (χ1n) is 5.97. The fraction of sp³-hybridized carbons (Fsp3) is 0.667. The fourth-order valence-corrected chi connectivity index (χ4v) is 1.51. The van der Waals surface area contributed by atoms with E-state index >= 15 is 0 Å². The zero-order valence-electron chi connectivity index (χ0n) is 11.4. The molecule has 0 bridgehead atoms. The van der Waals surface area contributed by atoms with Crippen LogP contribution in [0, 0.1) is 0 Å². The molecule has 1 unspecified atom stereocenters. The van der Waals surface area contributed by atoms with Crippen molar-refractivity contribution in [2.45, 2.75) is 32.3 Å². The lowest BCUT2D eigenvalue weighted by molar-refractivity contribution is 0.0525. The third-order valence-corrected chi connectivity index (χ3v) is 2.37. The van der Waals surface area contributed by atoms with Crippen LogP contribution in [0.3, 0.4) is 0 Å². The summed E-state index contributed by atoms with van der Waals surface area (Å²) in [5.74, 6) is 0.0474. The largest absolute Gasteiger partial charge is 0.444 e. The number of aromatic nitrogens is 2. The molecule has 18 heavy (non-hydrogen) atoms. The summed E-state index contributed by atoms with van der Waals surface area (Å²) in [6.07, 6.45) is 3.23. The minimum absolute atomic E-state index is 0.0474. The number of carbonyl (C=O) groups is 1. The lowest BCUT2D eigenvalue weighted by Crippen LogP contribution is -2.36. The molecule has 3 N–H and O–H groups in total. The molecular formula is C12H22N4O2. The second kappa shape index (κ2) is 5.86. The molecule has 0 aliphatic rings. The van der Waals surface area contributed by atoms with E-state index in [1.54, 1.807) is 10.9 Å². The molecule has 0 radical (unpaired) electrons. The van der Waals surface area contributed by atoms with Gasteiger partial charge in [-0.15, -0.1) is 0 Å². The average molecular weight is 254 g/mol. The molecule has 0 fully saturated rings. The van der Waals surface area contributed by atoms with E-state index < -0.39 is 11.7 Å². The van der Waals surface area contributed by atoms with Crippen molar-refractivity contribution in [2.24, 2.45) is 12.8 Å². The Balaban J connectivity index is 2.48. The molecule has 1 aromatic heterocycles. The van der Waals surface area contributed by atoms with Crippen molar-refractivity contribution in [1.82, 2.24) is 15.1 Å². The highest BCUT2D eigenvalue weighted by atomic mass is 16.6. The Bertz CT molecular complexity index is 395. The minimum Gasteiger partial charge on any atom is -0.444 e. The third kappa shape index (κ3) is 4.75. The zero-order chi connectivity index (χ0) is 13.8. The SMILES string of the molecule is Cn1cc(C(CN)CNC(=O)OC(C)(C)C)cn1. The van der Waals surface area contributed by atoms with Gasteiger partial charge in [-0.25, -0.2) is 4.79 Å². The molecule has 0 spiro atoms. The molecule has 1 rings (SSSR count). The van der Waals surface area contributed by atoms with Gasteiger partial charge in [-0.1, -0.05) is 0 Å². The number of hydrogen-bond acceptors (Lipinski definition) is 4. The van der Waals surface area contributed by atoms with E-state index in [-0.39, 0.29) is 5.92 Å². The molecule has 0 aromatic carbocycles. The van der Waals surface area contributed by atoms with Gasteiger partial charge in [0.25, 0.3) is 0 Å². The zero-order valence-corrected chi connectivity index (χ0v) is 11.4. The lowest BCUT2D eigenvalue weighted by Gasteiger charge is -2.21. The molecule has 1 atom stereocenters. The quantitative estimate of drug-likeness (QED) is 0.839. The maximum absolute atomic E-state index is 11.5. The number of nitrogens with two attached hydrogens (primary N) is 1. The summed E-state index contributed by atoms with van der Waals surface area (Å²) in [6, 6.07) is 0. The van der Waals surface area contributed by atoms with Crippen molar-refractivity contribution in [3.05, 3.63) is 18.0 Å². The highest BCUT2D eigenvalue weighted by Crippen LogP contribution is 2.12. The first-order valence-corrected chi connectivity index (χ1v) is 5.97. The summed E-state index contributed by atoms with van der Waals surface area (Å²) in [4.78, 5) is 11.5. The van der Waals surface area contributed by atoms with Gasteiger partial charge < -0.3 is 15.8 Å². The van der Waals surface area contributed by atoms with Gasteiger partial charge in [0.1, 0.15) is 5.60 Å². The van der Waals surface area contributed by atoms with Crippen molar-refractivity contribution < 1.29 is 9.53 Å². The van der Waals surface area contributed by atoms with E-state index in [1.807, 2.05) is 34.0 Å². The van der Waals surface area contributed by atoms with E-state index in [2.05, 4.69) is 10.4 Å². The number of alkyl carbamates (subject to hydrolysis) is 1. The minimum atomic E-state index is -0.489. The van der Waals surface area contributed by atoms with Crippen molar-refractivity contribution in [3.63, 3.8) is 0 Å². The van der Waals surface area contributed by atoms with Crippen molar-refractivity contribution in [1.29, 1.82) is 0 Å². The number of nitrogens with one attached hydrogen (secondary N) is 1. The van der Waals surface area contributed by atoms with Crippen LogP contribution in [0.15, 0.2) is 12.4 Å². The maximum Gasteiger partial charge on any atom is 0.407 e. The molecule has 0 saturated carbocycles. The first-order chi connectivity index (χ1) is 8.31. The van der Waals surface area contributed by atoms with Crippen molar-refractivity contribution >= 4 is 6.09 Å². The lowest BCUT2D eigenvalue weighted by atomic mass is 10.0. The molecule has 6 heteroatoms. The molecule has 1 amide bonds. The molecule has 6 nitrogen and oxygen atoms in total. The van der Waals surface area contributed by atoms with Crippen molar-refractivity contribution in [2.75, 3.05) is 13.1 Å². The van der Waals surface area contributed by atoms with Gasteiger partial charge in [-0.2, -0.15) is 5.10 Å². The van der Waals surface area contributed by atoms with Gasteiger partial charge in [0.2, 0.25) is 0 Å². The van der Waals surface area contributed by atoms with Crippen LogP contribution in [0.1, 0.15) is 32.3 Å². The molecule has 0 aliphatic heterocycles. The van der Waals surface area contributed by atoms with Gasteiger partial charge >= 0.3 is 6.09 Å².